The molecule has 0 aromatic carbocycles. The largest absolute Gasteiger partial charge is 0.326 e. The smallest absolute Gasteiger partial charge is 0.0180 e. The molecule has 0 bridgehead atoms. The summed E-state index contributed by atoms with van der Waals surface area (Å²) in [4.78, 5) is 2.55. The van der Waals surface area contributed by atoms with E-state index in [9.17, 15) is 0 Å². The van der Waals surface area contributed by atoms with Gasteiger partial charge in [-0.05, 0) is 29.7 Å². The van der Waals surface area contributed by atoms with Crippen LogP contribution in [0.4, 0.5) is 0 Å². The predicted octanol–water partition coefficient (Wildman–Crippen LogP) is 1.70. The molecule has 0 amide bonds. The average Bonchev–Trinajstić information content (AvgIpc) is 2.47. The molecule has 1 atom stereocenters. The molecule has 1 saturated heterocycles. The van der Waals surface area contributed by atoms with E-state index < -0.39 is 0 Å². The Labute approximate surface area is 87.8 Å². The van der Waals surface area contributed by atoms with Crippen molar-refractivity contribution in [2.24, 2.45) is 22.5 Å². The predicted molar refractivity (Wildman–Crippen MR) is 60.1 cm³/mol. The fraction of sp³-hybridized carbons (Fsp3) is 1.00. The Kier molecular flexibility index (Phi) is 2.20. The van der Waals surface area contributed by atoms with Crippen LogP contribution in [0, 0.1) is 16.7 Å². The molecule has 2 N–H and O–H groups in total. The molecule has 0 spiro atoms. The lowest BCUT2D eigenvalue weighted by Gasteiger charge is -2.16. The van der Waals surface area contributed by atoms with Crippen LogP contribution in [0.1, 0.15) is 34.1 Å². The van der Waals surface area contributed by atoms with Crippen molar-refractivity contribution in [2.45, 2.75) is 40.2 Å². The van der Waals surface area contributed by atoms with Gasteiger partial charge < -0.3 is 10.6 Å². The highest BCUT2D eigenvalue weighted by Crippen LogP contribution is 2.68. The molecule has 1 unspecified atom stereocenters. The van der Waals surface area contributed by atoms with Crippen LogP contribution < -0.4 is 5.73 Å². The number of rotatable bonds is 2. The molecule has 14 heavy (non-hydrogen) atoms. The van der Waals surface area contributed by atoms with Gasteiger partial charge in [-0.15, -0.1) is 0 Å². The number of hydrogen-bond donors (Lipinski definition) is 1. The Morgan fingerprint density at radius 3 is 2.14 bits per heavy atom. The quantitative estimate of drug-likeness (QED) is 0.728. The van der Waals surface area contributed by atoms with Crippen LogP contribution in [0.3, 0.4) is 0 Å². The summed E-state index contributed by atoms with van der Waals surface area (Å²) in [5.41, 5.74) is 6.97. The van der Waals surface area contributed by atoms with Crippen molar-refractivity contribution in [2.75, 3.05) is 19.6 Å². The molecule has 2 heteroatoms. The second-order valence-electron chi connectivity index (χ2n) is 6.30. The Bertz CT molecular complexity index is 218. The average molecular weight is 196 g/mol. The first-order valence-electron chi connectivity index (χ1n) is 5.83. The Hall–Kier alpha value is -0.0800. The Balaban J connectivity index is 1.89. The van der Waals surface area contributed by atoms with Gasteiger partial charge in [0, 0.05) is 19.1 Å². The summed E-state index contributed by atoms with van der Waals surface area (Å²) in [7, 11) is 0. The van der Waals surface area contributed by atoms with Crippen LogP contribution in [0.2, 0.25) is 0 Å². The van der Waals surface area contributed by atoms with Gasteiger partial charge in [-0.3, -0.25) is 0 Å². The fourth-order valence-corrected chi connectivity index (χ4v) is 3.08. The van der Waals surface area contributed by atoms with E-state index in [1.165, 1.54) is 19.5 Å². The van der Waals surface area contributed by atoms with E-state index in [2.05, 4.69) is 32.6 Å². The molecular formula is C12H24N2. The van der Waals surface area contributed by atoms with Crippen molar-refractivity contribution in [3.8, 4) is 0 Å². The number of nitrogens with zero attached hydrogens (tertiary/aromatic N) is 1. The van der Waals surface area contributed by atoms with Gasteiger partial charge in [-0.2, -0.15) is 0 Å². The zero-order valence-corrected chi connectivity index (χ0v) is 10.0. The third-order valence-electron chi connectivity index (χ3n) is 5.07. The van der Waals surface area contributed by atoms with E-state index >= 15 is 0 Å². The number of hydrogen-bond acceptors (Lipinski definition) is 2. The second kappa shape index (κ2) is 2.96. The van der Waals surface area contributed by atoms with Gasteiger partial charge in [0.05, 0.1) is 0 Å². The number of nitrogens with two attached hydrogens (primary N) is 1. The molecule has 1 saturated carbocycles. The van der Waals surface area contributed by atoms with Crippen LogP contribution in [-0.2, 0) is 0 Å². The minimum atomic E-state index is 0.431. The highest BCUT2D eigenvalue weighted by atomic mass is 15.2. The van der Waals surface area contributed by atoms with Crippen molar-refractivity contribution < 1.29 is 0 Å². The van der Waals surface area contributed by atoms with Crippen molar-refractivity contribution in [1.29, 1.82) is 0 Å². The first-order valence-corrected chi connectivity index (χ1v) is 5.83. The summed E-state index contributed by atoms with van der Waals surface area (Å²) >= 11 is 0. The lowest BCUT2D eigenvalue weighted by Crippen LogP contribution is -2.29. The normalized spacial score (nSPS) is 36.2. The van der Waals surface area contributed by atoms with E-state index in [1.807, 2.05) is 0 Å². The lowest BCUT2D eigenvalue weighted by atomic mass is 10.0. The van der Waals surface area contributed by atoms with Crippen molar-refractivity contribution in [1.82, 2.24) is 4.90 Å². The molecule has 0 radical (unpaired) electrons. The highest BCUT2D eigenvalue weighted by Gasteiger charge is 2.64. The zero-order chi connectivity index (χ0) is 10.6. The summed E-state index contributed by atoms with van der Waals surface area (Å²) in [6.07, 6.45) is 1.19. The molecular weight excluding hydrogens is 172 g/mol. The van der Waals surface area contributed by atoms with Gasteiger partial charge in [-0.25, -0.2) is 0 Å². The van der Waals surface area contributed by atoms with Gasteiger partial charge in [0.2, 0.25) is 0 Å². The fourth-order valence-electron chi connectivity index (χ4n) is 3.08. The van der Waals surface area contributed by atoms with E-state index in [-0.39, 0.29) is 0 Å². The second-order valence-corrected chi connectivity index (χ2v) is 6.30. The molecule has 82 valence electrons. The maximum atomic E-state index is 5.91. The van der Waals surface area contributed by atoms with E-state index in [4.69, 9.17) is 5.73 Å². The lowest BCUT2D eigenvalue weighted by molar-refractivity contribution is 0.296. The van der Waals surface area contributed by atoms with E-state index in [0.29, 0.717) is 16.9 Å². The molecule has 1 aliphatic heterocycles. The monoisotopic (exact) mass is 196 g/mol. The summed E-state index contributed by atoms with van der Waals surface area (Å²) in [5, 5.41) is 0. The van der Waals surface area contributed by atoms with Crippen LogP contribution >= 0.6 is 0 Å². The van der Waals surface area contributed by atoms with Crippen molar-refractivity contribution in [3.63, 3.8) is 0 Å². The third kappa shape index (κ3) is 1.40. The molecule has 1 aliphatic carbocycles. The summed E-state index contributed by atoms with van der Waals surface area (Å²) < 4.78 is 0. The zero-order valence-electron chi connectivity index (χ0n) is 10.0. The standard InChI is InChI=1S/C12H24N2/c1-11(2)10(12(11,3)4)8-14-6-5-9(13)7-14/h9-10H,5-8,13H2,1-4H3. The van der Waals surface area contributed by atoms with Crippen molar-refractivity contribution >= 4 is 0 Å². The minimum absolute atomic E-state index is 0.431. The molecule has 1 heterocycles. The highest BCUT2D eigenvalue weighted by molar-refractivity contribution is 5.13. The Morgan fingerprint density at radius 1 is 1.21 bits per heavy atom. The third-order valence-corrected chi connectivity index (χ3v) is 5.07. The van der Waals surface area contributed by atoms with Gasteiger partial charge in [-0.1, -0.05) is 27.7 Å². The SMILES string of the molecule is CC1(C)C(CN2CCC(N)C2)C1(C)C. The summed E-state index contributed by atoms with van der Waals surface area (Å²) in [6.45, 7) is 13.2. The molecule has 0 aromatic rings. The molecule has 2 rings (SSSR count). The van der Waals surface area contributed by atoms with Gasteiger partial charge in [0.1, 0.15) is 0 Å². The first kappa shape index (κ1) is 10.4. The van der Waals surface area contributed by atoms with E-state index in [1.54, 1.807) is 0 Å². The maximum absolute atomic E-state index is 5.91. The van der Waals surface area contributed by atoms with Crippen LogP contribution in [-0.4, -0.2) is 30.6 Å². The van der Waals surface area contributed by atoms with Crippen molar-refractivity contribution in [3.05, 3.63) is 0 Å². The minimum Gasteiger partial charge on any atom is -0.326 e. The van der Waals surface area contributed by atoms with E-state index in [0.717, 1.165) is 12.5 Å². The van der Waals surface area contributed by atoms with Crippen LogP contribution in [0.15, 0.2) is 0 Å². The van der Waals surface area contributed by atoms with Crippen LogP contribution in [0.25, 0.3) is 0 Å². The molecule has 2 nitrogen and oxygen atoms in total. The molecule has 2 aliphatic rings. The van der Waals surface area contributed by atoms with Gasteiger partial charge >= 0.3 is 0 Å². The van der Waals surface area contributed by atoms with Crippen LogP contribution in [0.5, 0.6) is 0 Å². The Morgan fingerprint density at radius 2 is 1.79 bits per heavy atom. The van der Waals surface area contributed by atoms with Gasteiger partial charge in [0.25, 0.3) is 0 Å². The molecule has 0 aromatic heterocycles. The van der Waals surface area contributed by atoms with Gasteiger partial charge in [0.15, 0.2) is 0 Å². The first-order chi connectivity index (χ1) is 6.35. The maximum Gasteiger partial charge on any atom is 0.0180 e. The number of likely N-dealkylation sites (tertiary alicyclic amines) is 1. The molecule has 2 fully saturated rings. The summed E-state index contributed by atoms with van der Waals surface area (Å²) in [6, 6.07) is 0.431. The topological polar surface area (TPSA) is 29.3 Å². The summed E-state index contributed by atoms with van der Waals surface area (Å²) in [5.74, 6) is 0.861.